The average molecular weight is 293 g/mol. The number of benzene rings is 1. The van der Waals surface area contributed by atoms with Crippen LogP contribution in [0, 0.1) is 0 Å². The Balaban J connectivity index is 1.96. The molecule has 1 heterocycles. The molecule has 116 valence electrons. The van der Waals surface area contributed by atoms with Crippen molar-refractivity contribution in [3.63, 3.8) is 0 Å². The van der Waals surface area contributed by atoms with Crippen LogP contribution in [-0.4, -0.2) is 46.3 Å². The van der Waals surface area contributed by atoms with E-state index in [0.717, 1.165) is 24.3 Å². The first-order valence-electron chi connectivity index (χ1n) is 7.39. The summed E-state index contributed by atoms with van der Waals surface area (Å²) in [6.45, 7) is 4.99. The molecule has 1 saturated heterocycles. The molecule has 2 rings (SSSR count). The smallest absolute Gasteiger partial charge is 0.320 e. The van der Waals surface area contributed by atoms with Gasteiger partial charge in [-0.25, -0.2) is 0 Å². The van der Waals surface area contributed by atoms with Crippen molar-refractivity contribution in [3.8, 4) is 5.75 Å². The number of aliphatic hydroxyl groups excluding tert-OH is 1. The van der Waals surface area contributed by atoms with Crippen molar-refractivity contribution in [3.05, 3.63) is 29.8 Å². The summed E-state index contributed by atoms with van der Waals surface area (Å²) in [6.07, 6.45) is 0.952. The average Bonchev–Trinajstić information content (AvgIpc) is 2.87. The van der Waals surface area contributed by atoms with Crippen LogP contribution in [0.1, 0.15) is 38.4 Å². The van der Waals surface area contributed by atoms with Crippen LogP contribution in [0.5, 0.6) is 5.75 Å². The molecular weight excluding hydrogens is 270 g/mol. The molecule has 0 saturated carbocycles. The molecule has 1 aromatic rings. The number of aliphatic carboxylic acids is 1. The number of nitrogens with zero attached hydrogens (tertiary/aromatic N) is 1. The Morgan fingerprint density at radius 1 is 1.38 bits per heavy atom. The fourth-order valence-corrected chi connectivity index (χ4v) is 2.69. The van der Waals surface area contributed by atoms with Gasteiger partial charge in [0.1, 0.15) is 11.8 Å². The highest BCUT2D eigenvalue weighted by atomic mass is 16.5. The predicted molar refractivity (Wildman–Crippen MR) is 79.4 cm³/mol. The van der Waals surface area contributed by atoms with Crippen LogP contribution in [-0.2, 0) is 4.79 Å². The van der Waals surface area contributed by atoms with Gasteiger partial charge in [-0.3, -0.25) is 9.69 Å². The van der Waals surface area contributed by atoms with Crippen LogP contribution in [0.3, 0.4) is 0 Å². The molecule has 0 aliphatic carbocycles. The van der Waals surface area contributed by atoms with Gasteiger partial charge >= 0.3 is 5.97 Å². The standard InChI is InChI=1S/C16H23NO4/c1-11(2)21-13-7-5-12(6-8-13)15(18)10-17-9-3-4-14(17)16(19)20/h5-8,11,14-15,18H,3-4,9-10H2,1-2H3,(H,19,20). The summed E-state index contributed by atoms with van der Waals surface area (Å²) in [5, 5.41) is 19.4. The van der Waals surface area contributed by atoms with E-state index in [1.54, 1.807) is 0 Å². The van der Waals surface area contributed by atoms with E-state index in [0.29, 0.717) is 13.0 Å². The highest BCUT2D eigenvalue weighted by Gasteiger charge is 2.31. The largest absolute Gasteiger partial charge is 0.491 e. The molecule has 5 heteroatoms. The van der Waals surface area contributed by atoms with E-state index in [2.05, 4.69) is 0 Å². The number of carboxylic acids is 1. The van der Waals surface area contributed by atoms with Crippen LogP contribution in [0.25, 0.3) is 0 Å². The second-order valence-electron chi connectivity index (χ2n) is 5.74. The zero-order chi connectivity index (χ0) is 15.4. The number of aliphatic hydroxyl groups is 1. The maximum absolute atomic E-state index is 11.1. The molecule has 1 fully saturated rings. The van der Waals surface area contributed by atoms with Gasteiger partial charge in [0, 0.05) is 6.54 Å². The molecule has 0 spiro atoms. The number of hydrogen-bond donors (Lipinski definition) is 2. The third kappa shape index (κ3) is 4.19. The Morgan fingerprint density at radius 2 is 2.05 bits per heavy atom. The molecule has 2 atom stereocenters. The van der Waals surface area contributed by atoms with Gasteiger partial charge in [0.2, 0.25) is 0 Å². The lowest BCUT2D eigenvalue weighted by Gasteiger charge is -2.24. The minimum absolute atomic E-state index is 0.113. The van der Waals surface area contributed by atoms with E-state index in [4.69, 9.17) is 9.84 Å². The molecule has 21 heavy (non-hydrogen) atoms. The summed E-state index contributed by atoms with van der Waals surface area (Å²) < 4.78 is 5.56. The molecule has 2 unspecified atom stereocenters. The number of ether oxygens (including phenoxy) is 1. The minimum atomic E-state index is -0.805. The van der Waals surface area contributed by atoms with Gasteiger partial charge in [-0.05, 0) is 50.9 Å². The highest BCUT2D eigenvalue weighted by Crippen LogP contribution is 2.24. The summed E-state index contributed by atoms with van der Waals surface area (Å²) in [5.74, 6) is -0.0362. The zero-order valence-corrected chi connectivity index (χ0v) is 12.5. The third-order valence-electron chi connectivity index (χ3n) is 3.69. The number of carboxylic acid groups (broad SMARTS) is 1. The Kier molecular flexibility index (Phi) is 5.20. The molecule has 0 bridgehead atoms. The molecular formula is C16H23NO4. The number of likely N-dealkylation sites (tertiary alicyclic amines) is 1. The van der Waals surface area contributed by atoms with Crippen molar-refractivity contribution in [2.45, 2.75) is 44.9 Å². The summed E-state index contributed by atoms with van der Waals surface area (Å²) in [6, 6.07) is 6.85. The lowest BCUT2D eigenvalue weighted by molar-refractivity contribution is -0.142. The van der Waals surface area contributed by atoms with Gasteiger partial charge in [0.25, 0.3) is 0 Å². The fourth-order valence-electron chi connectivity index (χ4n) is 2.69. The van der Waals surface area contributed by atoms with Gasteiger partial charge in [-0.1, -0.05) is 12.1 Å². The molecule has 0 amide bonds. The summed E-state index contributed by atoms with van der Waals surface area (Å²) in [5.41, 5.74) is 0.780. The Hall–Kier alpha value is -1.59. The quantitative estimate of drug-likeness (QED) is 0.840. The van der Waals surface area contributed by atoms with Gasteiger partial charge < -0.3 is 14.9 Å². The summed E-state index contributed by atoms with van der Waals surface area (Å²) >= 11 is 0. The molecule has 1 aromatic carbocycles. The lowest BCUT2D eigenvalue weighted by atomic mass is 10.1. The molecule has 2 N–H and O–H groups in total. The van der Waals surface area contributed by atoms with E-state index in [9.17, 15) is 9.90 Å². The van der Waals surface area contributed by atoms with Crippen molar-refractivity contribution in [1.82, 2.24) is 4.90 Å². The van der Waals surface area contributed by atoms with E-state index in [1.165, 1.54) is 0 Å². The second kappa shape index (κ2) is 6.91. The molecule has 5 nitrogen and oxygen atoms in total. The first-order chi connectivity index (χ1) is 9.97. The summed E-state index contributed by atoms with van der Waals surface area (Å²) in [7, 11) is 0. The lowest BCUT2D eigenvalue weighted by Crippen LogP contribution is -2.38. The fraction of sp³-hybridized carbons (Fsp3) is 0.562. The van der Waals surface area contributed by atoms with Crippen molar-refractivity contribution in [2.24, 2.45) is 0 Å². The number of hydrogen-bond acceptors (Lipinski definition) is 4. The van der Waals surface area contributed by atoms with Crippen LogP contribution in [0.4, 0.5) is 0 Å². The number of carbonyl (C=O) groups is 1. The van der Waals surface area contributed by atoms with E-state index in [-0.39, 0.29) is 6.10 Å². The van der Waals surface area contributed by atoms with Crippen molar-refractivity contribution >= 4 is 5.97 Å². The maximum atomic E-state index is 11.1. The Labute approximate surface area is 125 Å². The molecule has 0 radical (unpaired) electrons. The number of rotatable bonds is 6. The second-order valence-corrected chi connectivity index (χ2v) is 5.74. The predicted octanol–water partition coefficient (Wildman–Crippen LogP) is 2.06. The maximum Gasteiger partial charge on any atom is 0.320 e. The van der Waals surface area contributed by atoms with Crippen LogP contribution >= 0.6 is 0 Å². The monoisotopic (exact) mass is 293 g/mol. The van der Waals surface area contributed by atoms with Gasteiger partial charge in [0.15, 0.2) is 0 Å². The number of β-amino-alcohol motifs (C(OH)–C–C–N with tert-alkyl or cyclic N) is 1. The molecule has 0 aromatic heterocycles. The third-order valence-corrected chi connectivity index (χ3v) is 3.69. The molecule has 1 aliphatic rings. The Bertz CT molecular complexity index is 472. The van der Waals surface area contributed by atoms with Gasteiger partial charge in [-0.2, -0.15) is 0 Å². The van der Waals surface area contributed by atoms with Gasteiger partial charge in [-0.15, -0.1) is 0 Å². The molecule has 1 aliphatic heterocycles. The summed E-state index contributed by atoms with van der Waals surface area (Å²) in [4.78, 5) is 13.0. The highest BCUT2D eigenvalue weighted by molar-refractivity contribution is 5.73. The Morgan fingerprint density at radius 3 is 2.62 bits per heavy atom. The van der Waals surface area contributed by atoms with E-state index < -0.39 is 18.1 Å². The SMILES string of the molecule is CC(C)Oc1ccc(C(O)CN2CCCC2C(=O)O)cc1. The van der Waals surface area contributed by atoms with Crippen LogP contribution < -0.4 is 4.74 Å². The zero-order valence-electron chi connectivity index (χ0n) is 12.5. The minimum Gasteiger partial charge on any atom is -0.491 e. The first-order valence-corrected chi connectivity index (χ1v) is 7.39. The van der Waals surface area contributed by atoms with E-state index in [1.807, 2.05) is 43.0 Å². The van der Waals surface area contributed by atoms with Crippen LogP contribution in [0.2, 0.25) is 0 Å². The topological polar surface area (TPSA) is 70.0 Å². The van der Waals surface area contributed by atoms with Crippen molar-refractivity contribution in [1.29, 1.82) is 0 Å². The normalized spacial score (nSPS) is 20.7. The van der Waals surface area contributed by atoms with E-state index >= 15 is 0 Å². The van der Waals surface area contributed by atoms with Crippen LogP contribution in [0.15, 0.2) is 24.3 Å². The van der Waals surface area contributed by atoms with Crippen molar-refractivity contribution < 1.29 is 19.7 Å². The van der Waals surface area contributed by atoms with Crippen molar-refractivity contribution in [2.75, 3.05) is 13.1 Å². The first kappa shape index (κ1) is 15.8. The van der Waals surface area contributed by atoms with Gasteiger partial charge in [0.05, 0.1) is 12.2 Å².